The van der Waals surface area contributed by atoms with Crippen molar-refractivity contribution in [1.29, 1.82) is 0 Å². The lowest BCUT2D eigenvalue weighted by atomic mass is 9.79. The summed E-state index contributed by atoms with van der Waals surface area (Å²) in [6, 6.07) is 17.6. The maximum atomic E-state index is 6.22. The van der Waals surface area contributed by atoms with Gasteiger partial charge in [0.15, 0.2) is 0 Å². The van der Waals surface area contributed by atoms with Crippen LogP contribution in [0.1, 0.15) is 45.9 Å². The van der Waals surface area contributed by atoms with Gasteiger partial charge in [0.2, 0.25) is 0 Å². The first kappa shape index (κ1) is 19.6. The molecular weight excluding hydrogens is 365 g/mol. The normalized spacial score (nSPS) is 18.1. The quantitative estimate of drug-likeness (QED) is 0.557. The van der Waals surface area contributed by atoms with Crippen LogP contribution in [0.25, 0.3) is 10.9 Å². The molecule has 1 saturated heterocycles. The van der Waals surface area contributed by atoms with Gasteiger partial charge in [0.25, 0.3) is 0 Å². The van der Waals surface area contributed by atoms with E-state index in [4.69, 9.17) is 9.31 Å². The van der Waals surface area contributed by atoms with Crippen LogP contribution < -0.4 is 5.46 Å². The fraction of sp³-hybridized carbons (Fsp3) is 0.391. The van der Waals surface area contributed by atoms with Gasteiger partial charge >= 0.3 is 7.12 Å². The SMILES string of the molecule is CCc1ccc(Sn2c(C)cc3cc(B4OC(C)(C)C(C)(C)O4)ccc32)cc1. The predicted octanol–water partition coefficient (Wildman–Crippen LogP) is 5.37. The highest BCUT2D eigenvalue weighted by atomic mass is 32.2. The summed E-state index contributed by atoms with van der Waals surface area (Å²) in [5.41, 5.74) is 4.23. The smallest absolute Gasteiger partial charge is 0.399 e. The maximum absolute atomic E-state index is 6.22. The Hall–Kier alpha value is -1.69. The van der Waals surface area contributed by atoms with Crippen molar-refractivity contribution in [2.45, 2.75) is 64.1 Å². The van der Waals surface area contributed by atoms with Crippen LogP contribution in [0.2, 0.25) is 0 Å². The van der Waals surface area contributed by atoms with Gasteiger partial charge in [-0.3, -0.25) is 3.97 Å². The van der Waals surface area contributed by atoms with E-state index in [-0.39, 0.29) is 18.3 Å². The van der Waals surface area contributed by atoms with E-state index in [1.165, 1.54) is 27.1 Å². The molecule has 0 radical (unpaired) electrons. The number of hydrogen-bond donors (Lipinski definition) is 0. The highest BCUT2D eigenvalue weighted by molar-refractivity contribution is 7.98. The molecule has 0 aliphatic carbocycles. The van der Waals surface area contributed by atoms with Crippen molar-refractivity contribution in [3.8, 4) is 0 Å². The Morgan fingerprint density at radius 1 is 0.929 bits per heavy atom. The molecule has 0 unspecified atom stereocenters. The van der Waals surface area contributed by atoms with Gasteiger partial charge in [-0.2, -0.15) is 0 Å². The third kappa shape index (κ3) is 3.40. The summed E-state index contributed by atoms with van der Waals surface area (Å²) < 4.78 is 14.7. The van der Waals surface area contributed by atoms with Gasteiger partial charge in [-0.1, -0.05) is 31.2 Å². The Morgan fingerprint density at radius 3 is 2.18 bits per heavy atom. The first-order chi connectivity index (χ1) is 13.2. The molecular formula is C23H28BNO2S. The molecule has 1 aliphatic heterocycles. The van der Waals surface area contributed by atoms with E-state index in [2.05, 4.69) is 94.0 Å². The van der Waals surface area contributed by atoms with E-state index < -0.39 is 0 Å². The fourth-order valence-electron chi connectivity index (χ4n) is 3.49. The molecule has 146 valence electrons. The van der Waals surface area contributed by atoms with Crippen LogP contribution in [0.4, 0.5) is 0 Å². The molecule has 28 heavy (non-hydrogen) atoms. The molecule has 4 rings (SSSR count). The number of aryl methyl sites for hydroxylation is 2. The average molecular weight is 393 g/mol. The molecule has 0 atom stereocenters. The van der Waals surface area contributed by atoms with Crippen molar-refractivity contribution < 1.29 is 9.31 Å². The predicted molar refractivity (Wildman–Crippen MR) is 119 cm³/mol. The molecule has 0 saturated carbocycles. The van der Waals surface area contributed by atoms with Crippen molar-refractivity contribution in [3.63, 3.8) is 0 Å². The summed E-state index contributed by atoms with van der Waals surface area (Å²) in [6.45, 7) is 12.7. The molecule has 5 heteroatoms. The van der Waals surface area contributed by atoms with Crippen LogP contribution in [0.15, 0.2) is 53.4 Å². The summed E-state index contributed by atoms with van der Waals surface area (Å²) in [6.07, 6.45) is 1.07. The van der Waals surface area contributed by atoms with Gasteiger partial charge in [-0.15, -0.1) is 0 Å². The van der Waals surface area contributed by atoms with Crippen LogP contribution in [0.5, 0.6) is 0 Å². The van der Waals surface area contributed by atoms with E-state index >= 15 is 0 Å². The van der Waals surface area contributed by atoms with Crippen molar-refractivity contribution >= 4 is 35.4 Å². The zero-order valence-electron chi connectivity index (χ0n) is 17.6. The second-order valence-electron chi connectivity index (χ2n) is 8.58. The van der Waals surface area contributed by atoms with E-state index in [0.29, 0.717) is 0 Å². The van der Waals surface area contributed by atoms with Crippen LogP contribution in [-0.4, -0.2) is 22.3 Å². The molecule has 0 amide bonds. The average Bonchev–Trinajstić information content (AvgIpc) is 3.07. The fourth-order valence-corrected chi connectivity index (χ4v) is 4.42. The summed E-state index contributed by atoms with van der Waals surface area (Å²) in [5.74, 6) is 0. The number of rotatable bonds is 4. The molecule has 3 aromatic rings. The number of hydrogen-bond acceptors (Lipinski definition) is 3. The topological polar surface area (TPSA) is 23.4 Å². The minimum absolute atomic E-state index is 0.324. The minimum Gasteiger partial charge on any atom is -0.399 e. The van der Waals surface area contributed by atoms with E-state index in [9.17, 15) is 0 Å². The van der Waals surface area contributed by atoms with Gasteiger partial charge in [-0.25, -0.2) is 0 Å². The third-order valence-corrected chi connectivity index (χ3v) is 7.16. The lowest BCUT2D eigenvalue weighted by molar-refractivity contribution is 0.00578. The Kier molecular flexibility index (Phi) is 4.89. The molecule has 2 heterocycles. The molecule has 2 aromatic carbocycles. The lowest BCUT2D eigenvalue weighted by Gasteiger charge is -2.32. The summed E-state index contributed by atoms with van der Waals surface area (Å²) >= 11 is 1.76. The van der Waals surface area contributed by atoms with Crippen molar-refractivity contribution in [3.05, 3.63) is 59.8 Å². The molecule has 1 aromatic heterocycles. The second kappa shape index (κ2) is 6.98. The number of benzene rings is 2. The second-order valence-corrected chi connectivity index (χ2v) is 9.59. The maximum Gasteiger partial charge on any atom is 0.494 e. The Bertz CT molecular complexity index is 991. The largest absolute Gasteiger partial charge is 0.494 e. The number of aromatic nitrogens is 1. The van der Waals surface area contributed by atoms with Crippen LogP contribution in [-0.2, 0) is 15.7 Å². The summed E-state index contributed by atoms with van der Waals surface area (Å²) in [7, 11) is -0.327. The van der Waals surface area contributed by atoms with Gasteiger partial charge in [0.05, 0.1) is 16.7 Å². The molecule has 3 nitrogen and oxygen atoms in total. The van der Waals surface area contributed by atoms with Crippen molar-refractivity contribution in [2.24, 2.45) is 0 Å². The monoisotopic (exact) mass is 393 g/mol. The van der Waals surface area contributed by atoms with Gasteiger partial charge in [0, 0.05) is 16.0 Å². The minimum atomic E-state index is -0.327. The molecule has 1 aliphatic rings. The Balaban J connectivity index is 1.63. The Labute approximate surface area is 172 Å². The van der Waals surface area contributed by atoms with Crippen LogP contribution >= 0.6 is 11.9 Å². The Morgan fingerprint density at radius 2 is 1.57 bits per heavy atom. The zero-order chi connectivity index (χ0) is 20.1. The lowest BCUT2D eigenvalue weighted by Crippen LogP contribution is -2.41. The summed E-state index contributed by atoms with van der Waals surface area (Å²) in [4.78, 5) is 1.24. The molecule has 0 bridgehead atoms. The van der Waals surface area contributed by atoms with Gasteiger partial charge in [-0.05, 0) is 88.3 Å². The highest BCUT2D eigenvalue weighted by Crippen LogP contribution is 2.37. The van der Waals surface area contributed by atoms with Gasteiger partial charge in [0.1, 0.15) is 0 Å². The van der Waals surface area contributed by atoms with Crippen molar-refractivity contribution in [1.82, 2.24) is 3.97 Å². The van der Waals surface area contributed by atoms with Gasteiger partial charge < -0.3 is 9.31 Å². The highest BCUT2D eigenvalue weighted by Gasteiger charge is 2.51. The molecule has 0 spiro atoms. The molecule has 1 fully saturated rings. The number of fused-ring (bicyclic) bond motifs is 1. The van der Waals surface area contributed by atoms with E-state index in [0.717, 1.165) is 11.9 Å². The van der Waals surface area contributed by atoms with E-state index in [1.807, 2.05) is 0 Å². The first-order valence-electron chi connectivity index (χ1n) is 9.95. The summed E-state index contributed by atoms with van der Waals surface area (Å²) in [5, 5.41) is 1.21. The third-order valence-electron chi connectivity index (χ3n) is 6.01. The molecule has 0 N–H and O–H groups in total. The zero-order valence-corrected chi connectivity index (χ0v) is 18.4. The first-order valence-corrected chi connectivity index (χ1v) is 10.7. The standard InChI is InChI=1S/C23H28BNO2S/c1-7-17-8-11-20(12-9-17)28-25-16(2)14-18-15-19(10-13-21(18)25)24-26-22(3,4)23(5,6)27-24/h8-15H,7H2,1-6H3. The van der Waals surface area contributed by atoms with E-state index in [1.54, 1.807) is 11.9 Å². The van der Waals surface area contributed by atoms with Crippen LogP contribution in [0, 0.1) is 6.92 Å². The van der Waals surface area contributed by atoms with Crippen molar-refractivity contribution in [2.75, 3.05) is 0 Å². The number of nitrogens with zero attached hydrogens (tertiary/aromatic N) is 1. The van der Waals surface area contributed by atoms with Crippen LogP contribution in [0.3, 0.4) is 0 Å².